The number of hydrogen-bond acceptors (Lipinski definition) is 4. The van der Waals surface area contributed by atoms with Gasteiger partial charge in [0.25, 0.3) is 10.0 Å². The molecule has 7 nitrogen and oxygen atoms in total. The Balaban J connectivity index is 2.07. The minimum Gasteiger partial charge on any atom is -0.352 e. The number of halogens is 1. The Hall–Kier alpha value is -3.72. The summed E-state index contributed by atoms with van der Waals surface area (Å²) in [6, 6.07) is 17.8. The third-order valence-electron chi connectivity index (χ3n) is 6.42. The highest BCUT2D eigenvalue weighted by Crippen LogP contribution is 2.26. The molecule has 0 aromatic heterocycles. The lowest BCUT2D eigenvalue weighted by Crippen LogP contribution is -2.53. The van der Waals surface area contributed by atoms with Crippen molar-refractivity contribution in [1.29, 1.82) is 0 Å². The molecule has 208 valence electrons. The first-order valence-corrected chi connectivity index (χ1v) is 14.4. The monoisotopic (exact) mass is 553 g/mol. The molecule has 2 amide bonds. The lowest BCUT2D eigenvalue weighted by Gasteiger charge is -2.34. The van der Waals surface area contributed by atoms with Crippen LogP contribution in [0.25, 0.3) is 0 Å². The van der Waals surface area contributed by atoms with Gasteiger partial charge in [0.1, 0.15) is 18.4 Å². The van der Waals surface area contributed by atoms with Crippen molar-refractivity contribution in [2.45, 2.75) is 64.6 Å². The summed E-state index contributed by atoms with van der Waals surface area (Å²) in [5.74, 6) is -1.41. The lowest BCUT2D eigenvalue weighted by atomic mass is 10.1. The molecule has 9 heteroatoms. The highest BCUT2D eigenvalue weighted by atomic mass is 32.2. The van der Waals surface area contributed by atoms with Crippen LogP contribution in [0.1, 0.15) is 43.9 Å². The van der Waals surface area contributed by atoms with Crippen LogP contribution in [-0.4, -0.2) is 43.8 Å². The molecule has 3 aromatic carbocycles. The summed E-state index contributed by atoms with van der Waals surface area (Å²) in [4.78, 5) is 28.5. The van der Waals surface area contributed by atoms with E-state index < -0.39 is 34.3 Å². The first-order chi connectivity index (χ1) is 18.4. The van der Waals surface area contributed by atoms with Crippen LogP contribution in [0.2, 0.25) is 0 Å². The molecule has 1 atom stereocenters. The molecule has 3 aromatic rings. The van der Waals surface area contributed by atoms with Crippen molar-refractivity contribution in [2.24, 2.45) is 0 Å². The second kappa shape index (κ2) is 12.9. The number of sulfonamides is 1. The fourth-order valence-electron chi connectivity index (χ4n) is 4.24. The van der Waals surface area contributed by atoms with Crippen LogP contribution in [0.4, 0.5) is 10.1 Å². The zero-order valence-electron chi connectivity index (χ0n) is 23.0. The average Bonchev–Trinajstić information content (AvgIpc) is 2.88. The van der Waals surface area contributed by atoms with E-state index in [2.05, 4.69) is 5.32 Å². The molecule has 1 N–H and O–H groups in total. The molecule has 0 bridgehead atoms. The molecule has 0 spiro atoms. The van der Waals surface area contributed by atoms with Gasteiger partial charge in [-0.3, -0.25) is 13.9 Å². The van der Waals surface area contributed by atoms with E-state index in [4.69, 9.17) is 0 Å². The van der Waals surface area contributed by atoms with Gasteiger partial charge in [-0.05, 0) is 81.6 Å². The van der Waals surface area contributed by atoms with Crippen LogP contribution >= 0.6 is 0 Å². The molecule has 0 aliphatic carbocycles. The molecular formula is C30H36FN3O4S. The third-order valence-corrected chi connectivity index (χ3v) is 8.21. The molecule has 0 heterocycles. The highest BCUT2D eigenvalue weighted by Gasteiger charge is 2.34. The third kappa shape index (κ3) is 7.44. The number of amides is 2. The van der Waals surface area contributed by atoms with E-state index in [1.54, 1.807) is 24.3 Å². The molecule has 3 rings (SSSR count). The first kappa shape index (κ1) is 29.8. The number of carbonyl (C=O) groups is 2. The van der Waals surface area contributed by atoms with E-state index in [0.717, 1.165) is 33.1 Å². The summed E-state index contributed by atoms with van der Waals surface area (Å²) in [7, 11) is -4.25. The second-order valence-electron chi connectivity index (χ2n) is 9.84. The maximum Gasteiger partial charge on any atom is 0.264 e. The summed E-state index contributed by atoms with van der Waals surface area (Å²) in [5.41, 5.74) is 3.00. The normalized spacial score (nSPS) is 12.2. The van der Waals surface area contributed by atoms with Gasteiger partial charge >= 0.3 is 0 Å². The topological polar surface area (TPSA) is 86.8 Å². The summed E-state index contributed by atoms with van der Waals surface area (Å²) in [5, 5.41) is 2.88. The van der Waals surface area contributed by atoms with Gasteiger partial charge in [-0.25, -0.2) is 12.8 Å². The van der Waals surface area contributed by atoms with Gasteiger partial charge < -0.3 is 10.2 Å². The fraction of sp³-hybridized carbons (Fsp3) is 0.333. The molecule has 0 saturated heterocycles. The van der Waals surface area contributed by atoms with Gasteiger partial charge in [0.05, 0.1) is 10.6 Å². The highest BCUT2D eigenvalue weighted by molar-refractivity contribution is 7.92. The van der Waals surface area contributed by atoms with Crippen LogP contribution in [0.3, 0.4) is 0 Å². The van der Waals surface area contributed by atoms with Gasteiger partial charge in [0.15, 0.2) is 0 Å². The summed E-state index contributed by atoms with van der Waals surface area (Å²) in [6.07, 6.45) is 0.339. The number of rotatable bonds is 11. The van der Waals surface area contributed by atoms with Crippen LogP contribution in [0.15, 0.2) is 77.7 Å². The number of carbonyl (C=O) groups excluding carboxylic acids is 2. The summed E-state index contributed by atoms with van der Waals surface area (Å²) < 4.78 is 42.1. The van der Waals surface area contributed by atoms with Gasteiger partial charge in [-0.15, -0.1) is 0 Å². The Labute approximate surface area is 230 Å². The minimum atomic E-state index is -4.25. The fourth-order valence-corrected chi connectivity index (χ4v) is 5.66. The van der Waals surface area contributed by atoms with Crippen molar-refractivity contribution in [3.05, 3.63) is 95.3 Å². The molecule has 39 heavy (non-hydrogen) atoms. The van der Waals surface area contributed by atoms with Gasteiger partial charge in [0.2, 0.25) is 11.8 Å². The van der Waals surface area contributed by atoms with E-state index in [-0.39, 0.29) is 29.1 Å². The van der Waals surface area contributed by atoms with Crippen LogP contribution in [0, 0.1) is 19.7 Å². The molecule has 0 aliphatic heterocycles. The van der Waals surface area contributed by atoms with E-state index in [1.165, 1.54) is 17.0 Å². The number of nitrogens with one attached hydrogen (secondary N) is 1. The second-order valence-corrected chi connectivity index (χ2v) is 11.7. The van der Waals surface area contributed by atoms with E-state index in [0.29, 0.717) is 6.42 Å². The zero-order chi connectivity index (χ0) is 28.7. The molecular weight excluding hydrogens is 517 g/mol. The maximum absolute atomic E-state index is 14.0. The SMILES string of the molecule is CC[C@@H](C(=O)NC(C)C)N(Cc1ccccc1C)C(=O)CN(c1ccc(C)cc1)S(=O)(=O)c1ccc(F)cc1. The van der Waals surface area contributed by atoms with Crippen molar-refractivity contribution in [1.82, 2.24) is 10.2 Å². The Kier molecular flexibility index (Phi) is 9.86. The smallest absolute Gasteiger partial charge is 0.264 e. The number of aryl methyl sites for hydroxylation is 2. The number of anilines is 1. The van der Waals surface area contributed by atoms with Gasteiger partial charge in [-0.2, -0.15) is 0 Å². The molecule has 0 fully saturated rings. The number of benzene rings is 3. The lowest BCUT2D eigenvalue weighted by molar-refractivity contribution is -0.140. The largest absolute Gasteiger partial charge is 0.352 e. The molecule has 0 aliphatic rings. The predicted molar refractivity (Wildman–Crippen MR) is 151 cm³/mol. The molecule has 0 saturated carbocycles. The van der Waals surface area contributed by atoms with Crippen molar-refractivity contribution >= 4 is 27.5 Å². The standard InChI is InChI=1S/C30H36FN3O4S/c1-6-28(30(36)32-21(2)3)33(19-24-10-8-7-9-23(24)5)29(35)20-34(26-15-11-22(4)12-16-26)39(37,38)27-17-13-25(31)14-18-27/h7-18,21,28H,6,19-20H2,1-5H3,(H,32,36)/t28-/m0/s1. The van der Waals surface area contributed by atoms with Crippen molar-refractivity contribution in [3.63, 3.8) is 0 Å². The zero-order valence-corrected chi connectivity index (χ0v) is 23.8. The van der Waals surface area contributed by atoms with E-state index in [1.807, 2.05) is 58.9 Å². The minimum absolute atomic E-state index is 0.133. The molecule has 0 unspecified atom stereocenters. The van der Waals surface area contributed by atoms with Gasteiger partial charge in [0, 0.05) is 12.6 Å². The van der Waals surface area contributed by atoms with E-state index in [9.17, 15) is 22.4 Å². The predicted octanol–water partition coefficient (Wildman–Crippen LogP) is 4.97. The molecule has 0 radical (unpaired) electrons. The van der Waals surface area contributed by atoms with Crippen LogP contribution < -0.4 is 9.62 Å². The quantitative estimate of drug-likeness (QED) is 0.363. The van der Waals surface area contributed by atoms with Crippen LogP contribution in [-0.2, 0) is 26.2 Å². The average molecular weight is 554 g/mol. The van der Waals surface area contributed by atoms with Crippen molar-refractivity contribution in [3.8, 4) is 0 Å². The van der Waals surface area contributed by atoms with Crippen LogP contribution in [0.5, 0.6) is 0 Å². The van der Waals surface area contributed by atoms with E-state index >= 15 is 0 Å². The van der Waals surface area contributed by atoms with Crippen molar-refractivity contribution in [2.75, 3.05) is 10.8 Å². The van der Waals surface area contributed by atoms with Gasteiger partial charge in [-0.1, -0.05) is 48.9 Å². The summed E-state index contributed by atoms with van der Waals surface area (Å²) >= 11 is 0. The number of nitrogens with zero attached hydrogens (tertiary/aromatic N) is 2. The Morgan fingerprint density at radius 1 is 0.923 bits per heavy atom. The summed E-state index contributed by atoms with van der Waals surface area (Å²) in [6.45, 7) is 8.88. The number of hydrogen-bond donors (Lipinski definition) is 1. The Bertz CT molecular complexity index is 1390. The Morgan fingerprint density at radius 2 is 1.54 bits per heavy atom. The Morgan fingerprint density at radius 3 is 2.10 bits per heavy atom. The van der Waals surface area contributed by atoms with Crippen molar-refractivity contribution < 1.29 is 22.4 Å². The maximum atomic E-state index is 14.0. The first-order valence-electron chi connectivity index (χ1n) is 12.9.